The minimum Gasteiger partial charge on any atom is -0.494 e. The topological polar surface area (TPSA) is 50.4 Å². The van der Waals surface area contributed by atoms with Crippen molar-refractivity contribution < 1.29 is 31.5 Å². The average molecular weight is 517 g/mol. The Balaban J connectivity index is 1.94. The van der Waals surface area contributed by atoms with E-state index in [0.29, 0.717) is 24.5 Å². The van der Waals surface area contributed by atoms with Gasteiger partial charge in [0, 0.05) is 12.5 Å². The van der Waals surface area contributed by atoms with Crippen LogP contribution >= 0.6 is 0 Å². The molecule has 3 aromatic rings. The van der Waals surface area contributed by atoms with Crippen molar-refractivity contribution in [1.29, 1.82) is 0 Å². The van der Waals surface area contributed by atoms with Crippen LogP contribution in [0.4, 0.5) is 26.7 Å². The number of methoxy groups -OCH3 is 1. The van der Waals surface area contributed by atoms with Crippen LogP contribution in [0.3, 0.4) is 0 Å². The van der Waals surface area contributed by atoms with Gasteiger partial charge < -0.3 is 15.4 Å². The summed E-state index contributed by atoms with van der Waals surface area (Å²) in [5, 5.41) is 5.65. The third kappa shape index (κ3) is 5.93. The normalized spacial score (nSPS) is 15.3. The van der Waals surface area contributed by atoms with E-state index < -0.39 is 34.9 Å². The first-order valence-corrected chi connectivity index (χ1v) is 11.6. The summed E-state index contributed by atoms with van der Waals surface area (Å²) in [6.45, 7) is 0. The van der Waals surface area contributed by atoms with E-state index in [4.69, 9.17) is 4.74 Å². The molecule has 2 amide bonds. The van der Waals surface area contributed by atoms with Crippen molar-refractivity contribution in [3.8, 4) is 5.75 Å². The Morgan fingerprint density at radius 1 is 0.919 bits per heavy atom. The lowest BCUT2D eigenvalue weighted by molar-refractivity contribution is -0.137. The molecule has 0 spiro atoms. The van der Waals surface area contributed by atoms with Crippen molar-refractivity contribution >= 4 is 6.03 Å². The summed E-state index contributed by atoms with van der Waals surface area (Å²) in [7, 11) is 1.25. The summed E-state index contributed by atoms with van der Waals surface area (Å²) >= 11 is 0. The molecule has 194 valence electrons. The summed E-state index contributed by atoms with van der Waals surface area (Å²) in [4.78, 5) is 13.3. The van der Waals surface area contributed by atoms with E-state index in [1.165, 1.54) is 19.2 Å². The largest absolute Gasteiger partial charge is 0.494 e. The zero-order chi connectivity index (χ0) is 26.6. The average Bonchev–Trinajstić information content (AvgIpc) is 3.36. The van der Waals surface area contributed by atoms with Gasteiger partial charge in [-0.05, 0) is 59.9 Å². The van der Waals surface area contributed by atoms with E-state index in [1.54, 1.807) is 30.3 Å². The third-order valence-electron chi connectivity index (χ3n) is 6.34. The summed E-state index contributed by atoms with van der Waals surface area (Å²) < 4.78 is 75.4. The van der Waals surface area contributed by atoms with E-state index in [9.17, 15) is 26.7 Å². The molecule has 37 heavy (non-hydrogen) atoms. The number of nitrogens with one attached hydrogen (secondary N) is 2. The van der Waals surface area contributed by atoms with Gasteiger partial charge in [-0.2, -0.15) is 13.2 Å². The summed E-state index contributed by atoms with van der Waals surface area (Å²) in [6, 6.07) is 13.7. The number of ether oxygens (including phenoxy) is 1. The van der Waals surface area contributed by atoms with Crippen LogP contribution in [0, 0.1) is 11.6 Å². The zero-order valence-corrected chi connectivity index (χ0v) is 19.9. The SMILES string of the molecule is COc1cc([C@@](Cc2ccccc2)(NC(=O)NC2CC=CC2)c2cc(F)cc(C(F)(F)F)c2)ccc1F. The minimum atomic E-state index is -4.84. The lowest BCUT2D eigenvalue weighted by Crippen LogP contribution is -2.53. The fourth-order valence-corrected chi connectivity index (χ4v) is 4.54. The second-order valence-electron chi connectivity index (χ2n) is 8.88. The van der Waals surface area contributed by atoms with E-state index in [1.807, 2.05) is 12.2 Å². The number of carbonyl (C=O) groups is 1. The molecule has 0 heterocycles. The van der Waals surface area contributed by atoms with Gasteiger partial charge in [-0.1, -0.05) is 48.6 Å². The molecule has 0 fully saturated rings. The Kier molecular flexibility index (Phi) is 7.52. The lowest BCUT2D eigenvalue weighted by atomic mass is 9.77. The Labute approximate surface area is 211 Å². The fourth-order valence-electron chi connectivity index (χ4n) is 4.54. The second-order valence-corrected chi connectivity index (χ2v) is 8.88. The molecule has 1 aliphatic carbocycles. The fraction of sp³-hybridized carbons (Fsp3) is 0.250. The highest BCUT2D eigenvalue weighted by Gasteiger charge is 2.40. The van der Waals surface area contributed by atoms with Crippen molar-refractivity contribution in [2.75, 3.05) is 7.11 Å². The number of amides is 2. The predicted octanol–water partition coefficient (Wildman–Crippen LogP) is 6.50. The summed E-state index contributed by atoms with van der Waals surface area (Å²) in [5.74, 6) is -2.00. The van der Waals surface area contributed by atoms with Crippen molar-refractivity contribution in [2.45, 2.75) is 37.0 Å². The molecule has 0 bridgehead atoms. The van der Waals surface area contributed by atoms with Gasteiger partial charge in [-0.15, -0.1) is 0 Å². The first-order chi connectivity index (χ1) is 17.6. The summed E-state index contributed by atoms with van der Waals surface area (Å²) in [5.41, 5.74) is -2.23. The molecular weight excluding hydrogens is 491 g/mol. The Morgan fingerprint density at radius 3 is 2.24 bits per heavy atom. The number of alkyl halides is 3. The molecule has 0 aliphatic heterocycles. The highest BCUT2D eigenvalue weighted by atomic mass is 19.4. The molecule has 0 saturated heterocycles. The number of hydrogen-bond donors (Lipinski definition) is 2. The summed E-state index contributed by atoms with van der Waals surface area (Å²) in [6.07, 6.45) is 0.126. The predicted molar refractivity (Wildman–Crippen MR) is 129 cm³/mol. The number of carbonyl (C=O) groups excluding carboxylic acids is 1. The van der Waals surface area contributed by atoms with Gasteiger partial charge in [0.2, 0.25) is 0 Å². The second kappa shape index (κ2) is 10.6. The van der Waals surface area contributed by atoms with Crippen molar-refractivity contribution in [1.82, 2.24) is 10.6 Å². The van der Waals surface area contributed by atoms with E-state index in [-0.39, 0.29) is 29.3 Å². The monoisotopic (exact) mass is 516 g/mol. The third-order valence-corrected chi connectivity index (χ3v) is 6.34. The Hall–Kier alpha value is -3.88. The highest BCUT2D eigenvalue weighted by Crippen LogP contribution is 2.39. The maximum atomic E-state index is 14.7. The van der Waals surface area contributed by atoms with Gasteiger partial charge >= 0.3 is 12.2 Å². The molecule has 1 atom stereocenters. The van der Waals surface area contributed by atoms with E-state index >= 15 is 0 Å². The minimum absolute atomic E-state index is 0.0558. The van der Waals surface area contributed by atoms with Crippen molar-refractivity contribution in [2.24, 2.45) is 0 Å². The molecule has 0 saturated carbocycles. The van der Waals surface area contributed by atoms with Crippen molar-refractivity contribution in [3.05, 3.63) is 113 Å². The van der Waals surface area contributed by atoms with Gasteiger partial charge in [0.05, 0.1) is 18.2 Å². The molecule has 0 radical (unpaired) electrons. The highest BCUT2D eigenvalue weighted by molar-refractivity contribution is 5.76. The van der Waals surface area contributed by atoms with Crippen LogP contribution in [0.25, 0.3) is 0 Å². The molecule has 4 rings (SSSR count). The number of urea groups is 1. The number of halogens is 5. The van der Waals surface area contributed by atoms with Crippen LogP contribution in [-0.2, 0) is 18.1 Å². The van der Waals surface area contributed by atoms with Gasteiger partial charge in [0.25, 0.3) is 0 Å². The first kappa shape index (κ1) is 26.2. The van der Waals surface area contributed by atoms with Crippen LogP contribution < -0.4 is 15.4 Å². The Bertz CT molecular complexity index is 1290. The first-order valence-electron chi connectivity index (χ1n) is 11.6. The van der Waals surface area contributed by atoms with Crippen LogP contribution in [0.2, 0.25) is 0 Å². The molecule has 9 heteroatoms. The van der Waals surface area contributed by atoms with Crippen LogP contribution in [0.5, 0.6) is 5.75 Å². The zero-order valence-electron chi connectivity index (χ0n) is 19.9. The molecule has 1 aliphatic rings. The molecule has 4 nitrogen and oxygen atoms in total. The van der Waals surface area contributed by atoms with Crippen LogP contribution in [0.15, 0.2) is 78.9 Å². The Morgan fingerprint density at radius 2 is 1.59 bits per heavy atom. The smallest absolute Gasteiger partial charge is 0.416 e. The van der Waals surface area contributed by atoms with Gasteiger partial charge in [0.1, 0.15) is 5.82 Å². The van der Waals surface area contributed by atoms with Gasteiger partial charge in [0.15, 0.2) is 11.6 Å². The van der Waals surface area contributed by atoms with Gasteiger partial charge in [-0.3, -0.25) is 0 Å². The quantitative estimate of drug-likeness (QED) is 0.278. The maximum absolute atomic E-state index is 14.7. The molecule has 0 unspecified atom stereocenters. The number of benzene rings is 3. The van der Waals surface area contributed by atoms with Gasteiger partial charge in [-0.25, -0.2) is 13.6 Å². The van der Waals surface area contributed by atoms with Crippen LogP contribution in [0.1, 0.15) is 35.1 Å². The molecular formula is C28H25F5N2O2. The molecule has 3 aromatic carbocycles. The molecule has 2 N–H and O–H groups in total. The molecule has 0 aromatic heterocycles. The van der Waals surface area contributed by atoms with E-state index in [2.05, 4.69) is 10.6 Å². The maximum Gasteiger partial charge on any atom is 0.416 e. The van der Waals surface area contributed by atoms with Crippen molar-refractivity contribution in [3.63, 3.8) is 0 Å². The van der Waals surface area contributed by atoms with Crippen LogP contribution in [-0.4, -0.2) is 19.2 Å². The number of hydrogen-bond acceptors (Lipinski definition) is 2. The number of rotatable bonds is 7. The van der Waals surface area contributed by atoms with E-state index in [0.717, 1.165) is 18.2 Å². The standard InChI is InChI=1S/C28H25F5N2O2/c1-37-25-16-19(11-12-24(25)30)27(17-18-7-3-2-4-8-18,35-26(36)34-23-9-5-6-10-23)20-13-21(28(31,32)33)15-22(29)14-20/h2-8,11-16,23H,9-10,17H2,1H3,(H2,34,35,36)/t27-/m1/s1. The lowest BCUT2D eigenvalue weighted by Gasteiger charge is -2.37.